The van der Waals surface area contributed by atoms with E-state index in [1.165, 1.54) is 10.9 Å². The third-order valence-electron chi connectivity index (χ3n) is 3.78. The highest BCUT2D eigenvalue weighted by Crippen LogP contribution is 2.44. The molecule has 0 aliphatic heterocycles. The molecule has 0 amide bonds. The van der Waals surface area contributed by atoms with E-state index in [0.717, 1.165) is 6.42 Å². The van der Waals surface area contributed by atoms with Gasteiger partial charge < -0.3 is 10.1 Å². The number of hydrogen-bond donors (Lipinski definition) is 1. The lowest BCUT2D eigenvalue weighted by atomic mass is 9.64. The van der Waals surface area contributed by atoms with E-state index in [0.29, 0.717) is 5.82 Å². The fraction of sp³-hybridized carbons (Fsp3) is 0.727. The second kappa shape index (κ2) is 4.24. The number of hydrogen-bond acceptors (Lipinski definition) is 5. The van der Waals surface area contributed by atoms with E-state index >= 15 is 0 Å². The predicted molar refractivity (Wildman–Crippen MR) is 66.5 cm³/mol. The molecule has 0 bridgehead atoms. The standard InChI is InChI=1S/C11H18N4O3/c1-11(2)8(5-9(11)18-4)12-10-7(15(16)17)6-14(3)13-10/h6,8-9H,5H2,1-4H3,(H,12,13). The topological polar surface area (TPSA) is 82.2 Å². The number of nitrogens with one attached hydrogen (secondary N) is 1. The van der Waals surface area contributed by atoms with E-state index in [4.69, 9.17) is 4.74 Å². The van der Waals surface area contributed by atoms with Gasteiger partial charge in [0.2, 0.25) is 5.82 Å². The molecule has 2 atom stereocenters. The maximum Gasteiger partial charge on any atom is 0.330 e. The Bertz CT molecular complexity index is 469. The zero-order chi connectivity index (χ0) is 13.5. The molecule has 2 rings (SSSR count). The van der Waals surface area contributed by atoms with Crippen LogP contribution >= 0.6 is 0 Å². The highest BCUT2D eigenvalue weighted by molar-refractivity contribution is 5.55. The van der Waals surface area contributed by atoms with Crippen LogP contribution in [0.3, 0.4) is 0 Å². The third kappa shape index (κ3) is 1.94. The quantitative estimate of drug-likeness (QED) is 0.651. The van der Waals surface area contributed by atoms with Crippen molar-refractivity contribution in [2.75, 3.05) is 12.4 Å². The van der Waals surface area contributed by atoms with Crippen LogP contribution in [0.25, 0.3) is 0 Å². The Hall–Kier alpha value is -1.63. The van der Waals surface area contributed by atoms with Crippen LogP contribution in [0.1, 0.15) is 20.3 Å². The molecule has 1 aromatic heterocycles. The zero-order valence-electron chi connectivity index (χ0n) is 11.0. The number of aromatic nitrogens is 2. The Labute approximate surface area is 105 Å². The van der Waals surface area contributed by atoms with E-state index in [-0.39, 0.29) is 23.2 Å². The fourth-order valence-electron chi connectivity index (χ4n) is 2.41. The average Bonchev–Trinajstić information content (AvgIpc) is 2.65. The highest BCUT2D eigenvalue weighted by Gasteiger charge is 2.49. The van der Waals surface area contributed by atoms with Crippen LogP contribution in [-0.2, 0) is 11.8 Å². The fourth-order valence-corrected chi connectivity index (χ4v) is 2.41. The van der Waals surface area contributed by atoms with Crippen molar-refractivity contribution in [3.8, 4) is 0 Å². The first-order valence-electron chi connectivity index (χ1n) is 5.83. The largest absolute Gasteiger partial charge is 0.381 e. The highest BCUT2D eigenvalue weighted by atomic mass is 16.6. The molecule has 18 heavy (non-hydrogen) atoms. The van der Waals surface area contributed by atoms with Crippen molar-refractivity contribution in [3.05, 3.63) is 16.3 Å². The number of methoxy groups -OCH3 is 1. The van der Waals surface area contributed by atoms with Crippen LogP contribution < -0.4 is 5.32 Å². The molecule has 7 heteroatoms. The first-order valence-corrected chi connectivity index (χ1v) is 5.83. The number of anilines is 1. The molecule has 1 N–H and O–H groups in total. The smallest absolute Gasteiger partial charge is 0.330 e. The van der Waals surface area contributed by atoms with Gasteiger partial charge in [0.05, 0.1) is 11.0 Å². The number of nitro groups is 1. The van der Waals surface area contributed by atoms with E-state index in [1.807, 2.05) is 0 Å². The molecule has 1 aliphatic rings. The Kier molecular flexibility index (Phi) is 3.02. The van der Waals surface area contributed by atoms with Crippen molar-refractivity contribution < 1.29 is 9.66 Å². The van der Waals surface area contributed by atoms with E-state index in [1.54, 1.807) is 14.2 Å². The molecule has 1 fully saturated rings. The number of aryl methyl sites for hydroxylation is 1. The first-order chi connectivity index (χ1) is 8.36. The molecule has 0 aromatic carbocycles. The molecule has 1 saturated carbocycles. The Morgan fingerprint density at radius 2 is 2.33 bits per heavy atom. The van der Waals surface area contributed by atoms with Gasteiger partial charge in [-0.15, -0.1) is 5.10 Å². The maximum atomic E-state index is 10.9. The summed E-state index contributed by atoms with van der Waals surface area (Å²) in [5.74, 6) is 0.329. The summed E-state index contributed by atoms with van der Waals surface area (Å²) in [6, 6.07) is 0.135. The van der Waals surface area contributed by atoms with Gasteiger partial charge in [-0.25, -0.2) is 0 Å². The second-order valence-electron chi connectivity index (χ2n) is 5.27. The van der Waals surface area contributed by atoms with Crippen LogP contribution in [0.5, 0.6) is 0 Å². The summed E-state index contributed by atoms with van der Waals surface area (Å²) < 4.78 is 6.80. The first kappa shape index (κ1) is 12.8. The lowest BCUT2D eigenvalue weighted by Crippen LogP contribution is -2.57. The lowest BCUT2D eigenvalue weighted by Gasteiger charge is -2.51. The van der Waals surface area contributed by atoms with Gasteiger partial charge >= 0.3 is 5.69 Å². The summed E-state index contributed by atoms with van der Waals surface area (Å²) in [5, 5.41) is 18.1. The van der Waals surface area contributed by atoms with Crippen molar-refractivity contribution in [2.24, 2.45) is 12.5 Å². The molecule has 1 aromatic rings. The predicted octanol–water partition coefficient (Wildman–Crippen LogP) is 1.55. The molecule has 1 heterocycles. The molecule has 1 aliphatic carbocycles. The Morgan fingerprint density at radius 1 is 1.67 bits per heavy atom. The van der Waals surface area contributed by atoms with Crippen LogP contribution in [-0.4, -0.2) is 34.0 Å². The van der Waals surface area contributed by atoms with Crippen molar-refractivity contribution in [1.82, 2.24) is 9.78 Å². The van der Waals surface area contributed by atoms with Crippen molar-refractivity contribution in [2.45, 2.75) is 32.4 Å². The molecule has 0 spiro atoms. The van der Waals surface area contributed by atoms with Crippen molar-refractivity contribution in [1.29, 1.82) is 0 Å². The van der Waals surface area contributed by atoms with Crippen molar-refractivity contribution >= 4 is 11.5 Å². The summed E-state index contributed by atoms with van der Waals surface area (Å²) >= 11 is 0. The minimum Gasteiger partial charge on any atom is -0.381 e. The molecule has 2 unspecified atom stereocenters. The summed E-state index contributed by atoms with van der Waals surface area (Å²) in [4.78, 5) is 10.5. The molecule has 0 radical (unpaired) electrons. The molecule has 100 valence electrons. The van der Waals surface area contributed by atoms with Crippen LogP contribution in [0, 0.1) is 15.5 Å². The lowest BCUT2D eigenvalue weighted by molar-refractivity contribution is -0.384. The molecular weight excluding hydrogens is 236 g/mol. The number of nitrogens with zero attached hydrogens (tertiary/aromatic N) is 3. The minimum absolute atomic E-state index is 0.00849. The van der Waals surface area contributed by atoms with Crippen LogP contribution in [0.4, 0.5) is 11.5 Å². The average molecular weight is 254 g/mol. The second-order valence-corrected chi connectivity index (χ2v) is 5.27. The van der Waals surface area contributed by atoms with Gasteiger partial charge in [0.15, 0.2) is 0 Å². The summed E-state index contributed by atoms with van der Waals surface area (Å²) in [6.07, 6.45) is 2.41. The summed E-state index contributed by atoms with van der Waals surface area (Å²) in [7, 11) is 3.36. The van der Waals surface area contributed by atoms with Gasteiger partial charge in [0.1, 0.15) is 6.20 Å². The molecule has 0 saturated heterocycles. The SMILES string of the molecule is COC1CC(Nc2nn(C)cc2[N+](=O)[O-])C1(C)C. The molecular formula is C11H18N4O3. The molecule has 7 nitrogen and oxygen atoms in total. The Balaban J connectivity index is 2.14. The van der Waals surface area contributed by atoms with E-state index in [2.05, 4.69) is 24.3 Å². The maximum absolute atomic E-state index is 10.9. The normalized spacial score (nSPS) is 25.6. The monoisotopic (exact) mass is 254 g/mol. The van der Waals surface area contributed by atoms with E-state index < -0.39 is 4.92 Å². The Morgan fingerprint density at radius 3 is 2.83 bits per heavy atom. The van der Waals surface area contributed by atoms with Crippen LogP contribution in [0.15, 0.2) is 6.20 Å². The third-order valence-corrected chi connectivity index (χ3v) is 3.78. The zero-order valence-corrected chi connectivity index (χ0v) is 11.0. The summed E-state index contributed by atoms with van der Waals surface area (Å²) in [6.45, 7) is 4.16. The van der Waals surface area contributed by atoms with Gasteiger partial charge in [-0.1, -0.05) is 13.8 Å². The van der Waals surface area contributed by atoms with Crippen LogP contribution in [0.2, 0.25) is 0 Å². The van der Waals surface area contributed by atoms with Gasteiger partial charge in [0.25, 0.3) is 0 Å². The van der Waals surface area contributed by atoms with Gasteiger partial charge in [-0.3, -0.25) is 14.8 Å². The minimum atomic E-state index is -0.422. The number of ether oxygens (including phenoxy) is 1. The van der Waals surface area contributed by atoms with Gasteiger partial charge in [-0.05, 0) is 6.42 Å². The van der Waals surface area contributed by atoms with Crippen molar-refractivity contribution in [3.63, 3.8) is 0 Å². The van der Waals surface area contributed by atoms with E-state index in [9.17, 15) is 10.1 Å². The van der Waals surface area contributed by atoms with Gasteiger partial charge in [0, 0.05) is 25.6 Å². The van der Waals surface area contributed by atoms with Gasteiger partial charge in [-0.2, -0.15) is 0 Å². The number of rotatable bonds is 4. The summed E-state index contributed by atoms with van der Waals surface area (Å²) in [5.41, 5.74) is -0.0469.